The van der Waals surface area contributed by atoms with E-state index >= 15 is 0 Å². The molecule has 0 aliphatic carbocycles. The van der Waals surface area contributed by atoms with Crippen LogP contribution in [0.4, 0.5) is 0 Å². The molecule has 2 aromatic heterocycles. The van der Waals surface area contributed by atoms with Gasteiger partial charge in [-0.1, -0.05) is 35.5 Å². The molecule has 0 aliphatic heterocycles. The van der Waals surface area contributed by atoms with Crippen LogP contribution in [0.2, 0.25) is 0 Å². The highest BCUT2D eigenvalue weighted by atomic mass is 32.1. The van der Waals surface area contributed by atoms with E-state index in [0.717, 1.165) is 11.3 Å². The molecule has 0 atom stereocenters. The second-order valence-corrected chi connectivity index (χ2v) is 6.82. The fourth-order valence-electron chi connectivity index (χ4n) is 2.58. The third-order valence-corrected chi connectivity index (χ3v) is 4.85. The van der Waals surface area contributed by atoms with Crippen LogP contribution >= 0.6 is 11.3 Å². The molecule has 1 amide bonds. The molecule has 0 fully saturated rings. The van der Waals surface area contributed by atoms with Crippen molar-refractivity contribution in [3.8, 4) is 10.7 Å². The number of nitrogens with zero attached hydrogens (tertiary/aromatic N) is 2. The Morgan fingerprint density at radius 1 is 1.20 bits per heavy atom. The summed E-state index contributed by atoms with van der Waals surface area (Å²) in [6.07, 6.45) is 2.63. The molecule has 5 nitrogen and oxygen atoms in total. The summed E-state index contributed by atoms with van der Waals surface area (Å²) in [7, 11) is 0. The van der Waals surface area contributed by atoms with Crippen LogP contribution in [-0.2, 0) is 17.6 Å². The van der Waals surface area contributed by atoms with Gasteiger partial charge in [0.1, 0.15) is 0 Å². The van der Waals surface area contributed by atoms with Crippen molar-refractivity contribution in [1.29, 1.82) is 0 Å². The summed E-state index contributed by atoms with van der Waals surface area (Å²) in [6.45, 7) is 2.75. The Morgan fingerprint density at radius 3 is 2.88 bits per heavy atom. The molecule has 0 spiro atoms. The predicted molar refractivity (Wildman–Crippen MR) is 98.4 cm³/mol. The van der Waals surface area contributed by atoms with Gasteiger partial charge in [0.2, 0.25) is 17.6 Å². The minimum Gasteiger partial charge on any atom is -0.356 e. The van der Waals surface area contributed by atoms with E-state index in [0.29, 0.717) is 37.5 Å². The van der Waals surface area contributed by atoms with Crippen molar-refractivity contribution in [3.05, 3.63) is 58.8 Å². The Morgan fingerprint density at radius 2 is 2.08 bits per heavy atom. The van der Waals surface area contributed by atoms with E-state index in [9.17, 15) is 4.79 Å². The van der Waals surface area contributed by atoms with Crippen molar-refractivity contribution in [1.82, 2.24) is 15.5 Å². The van der Waals surface area contributed by atoms with Crippen molar-refractivity contribution < 1.29 is 9.32 Å². The highest BCUT2D eigenvalue weighted by Crippen LogP contribution is 2.21. The maximum Gasteiger partial charge on any atom is 0.226 e. The molecule has 0 saturated heterocycles. The normalized spacial score (nSPS) is 10.8. The zero-order chi connectivity index (χ0) is 17.5. The second-order valence-electron chi connectivity index (χ2n) is 5.87. The molecule has 130 valence electrons. The first-order valence-electron chi connectivity index (χ1n) is 8.40. The number of carbonyl (C=O) groups is 1. The smallest absolute Gasteiger partial charge is 0.226 e. The van der Waals surface area contributed by atoms with E-state index in [1.807, 2.05) is 29.6 Å². The Kier molecular flexibility index (Phi) is 5.95. The van der Waals surface area contributed by atoms with Crippen LogP contribution in [0.5, 0.6) is 0 Å². The number of hydrogen-bond acceptors (Lipinski definition) is 5. The molecule has 3 aromatic rings. The number of aromatic nitrogens is 2. The summed E-state index contributed by atoms with van der Waals surface area (Å²) >= 11 is 1.58. The van der Waals surface area contributed by atoms with Gasteiger partial charge in [0.15, 0.2) is 0 Å². The largest absolute Gasteiger partial charge is 0.356 e. The van der Waals surface area contributed by atoms with Gasteiger partial charge in [-0.2, -0.15) is 4.98 Å². The van der Waals surface area contributed by atoms with Gasteiger partial charge in [0.25, 0.3) is 0 Å². The van der Waals surface area contributed by atoms with Gasteiger partial charge in [0.05, 0.1) is 4.88 Å². The summed E-state index contributed by atoms with van der Waals surface area (Å²) in [5.74, 6) is 1.26. The summed E-state index contributed by atoms with van der Waals surface area (Å²) in [6, 6.07) is 12.2. The first kappa shape index (κ1) is 17.4. The number of rotatable bonds is 8. The summed E-state index contributed by atoms with van der Waals surface area (Å²) in [5.41, 5.74) is 2.53. The summed E-state index contributed by atoms with van der Waals surface area (Å²) in [5, 5.41) is 8.92. The molecule has 0 radical (unpaired) electrons. The molecule has 25 heavy (non-hydrogen) atoms. The Hall–Kier alpha value is -2.47. The van der Waals surface area contributed by atoms with Gasteiger partial charge in [-0.25, -0.2) is 0 Å². The molecule has 1 N–H and O–H groups in total. The Labute approximate surface area is 151 Å². The SMILES string of the molecule is Cc1ccccc1CCNC(=O)CCCc1nc(-c2cccs2)no1. The number of amides is 1. The molecule has 3 rings (SSSR count). The number of benzene rings is 1. The average Bonchev–Trinajstić information content (AvgIpc) is 3.28. The monoisotopic (exact) mass is 355 g/mol. The van der Waals surface area contributed by atoms with Crippen LogP contribution in [-0.4, -0.2) is 22.6 Å². The van der Waals surface area contributed by atoms with E-state index < -0.39 is 0 Å². The first-order chi connectivity index (χ1) is 12.2. The topological polar surface area (TPSA) is 68.0 Å². The molecule has 6 heteroatoms. The second kappa shape index (κ2) is 8.58. The van der Waals surface area contributed by atoms with Crippen LogP contribution in [0, 0.1) is 6.92 Å². The first-order valence-corrected chi connectivity index (χ1v) is 9.28. The van der Waals surface area contributed by atoms with Gasteiger partial charge in [0, 0.05) is 19.4 Å². The van der Waals surface area contributed by atoms with E-state index in [1.54, 1.807) is 11.3 Å². The number of carbonyl (C=O) groups excluding carboxylic acids is 1. The number of aryl methyl sites for hydroxylation is 2. The fourth-order valence-corrected chi connectivity index (χ4v) is 3.23. The quantitative estimate of drug-likeness (QED) is 0.667. The van der Waals surface area contributed by atoms with Crippen molar-refractivity contribution in [2.45, 2.75) is 32.6 Å². The highest BCUT2D eigenvalue weighted by Gasteiger charge is 2.10. The van der Waals surface area contributed by atoms with Gasteiger partial charge >= 0.3 is 0 Å². The molecule has 0 bridgehead atoms. The van der Waals surface area contributed by atoms with Crippen LogP contribution in [0.25, 0.3) is 10.7 Å². The third-order valence-electron chi connectivity index (χ3n) is 3.98. The summed E-state index contributed by atoms with van der Waals surface area (Å²) in [4.78, 5) is 17.3. The minimum atomic E-state index is 0.0616. The predicted octanol–water partition coefficient (Wildman–Crippen LogP) is 3.79. The van der Waals surface area contributed by atoms with Crippen LogP contribution in [0.1, 0.15) is 29.9 Å². The maximum atomic E-state index is 11.9. The Bertz CT molecular complexity index is 812. The molecule has 0 aliphatic rings. The van der Waals surface area contributed by atoms with Crippen LogP contribution in [0.3, 0.4) is 0 Å². The van der Waals surface area contributed by atoms with Gasteiger partial charge in [-0.3, -0.25) is 4.79 Å². The number of nitrogens with one attached hydrogen (secondary N) is 1. The van der Waals surface area contributed by atoms with Crippen molar-refractivity contribution in [2.24, 2.45) is 0 Å². The van der Waals surface area contributed by atoms with Gasteiger partial charge in [-0.05, 0) is 42.3 Å². The lowest BCUT2D eigenvalue weighted by Gasteiger charge is -2.07. The standard InChI is InChI=1S/C19H21N3O2S/c1-14-6-2-3-7-15(14)11-12-20-17(23)9-4-10-18-21-19(22-24-18)16-8-5-13-25-16/h2-3,5-8,13H,4,9-12H2,1H3,(H,20,23). The Balaban J connectivity index is 1.36. The van der Waals surface area contributed by atoms with E-state index in [1.165, 1.54) is 11.1 Å². The van der Waals surface area contributed by atoms with Crippen molar-refractivity contribution in [2.75, 3.05) is 6.54 Å². The summed E-state index contributed by atoms with van der Waals surface area (Å²) < 4.78 is 5.24. The lowest BCUT2D eigenvalue weighted by molar-refractivity contribution is -0.121. The van der Waals surface area contributed by atoms with Crippen LogP contribution < -0.4 is 5.32 Å². The lowest BCUT2D eigenvalue weighted by Crippen LogP contribution is -2.25. The number of hydrogen-bond donors (Lipinski definition) is 1. The third kappa shape index (κ3) is 5.00. The zero-order valence-corrected chi connectivity index (χ0v) is 15.0. The van der Waals surface area contributed by atoms with Gasteiger partial charge < -0.3 is 9.84 Å². The zero-order valence-electron chi connectivity index (χ0n) is 14.2. The van der Waals surface area contributed by atoms with E-state index in [2.05, 4.69) is 34.5 Å². The average molecular weight is 355 g/mol. The van der Waals surface area contributed by atoms with Gasteiger partial charge in [-0.15, -0.1) is 11.3 Å². The number of thiophene rings is 1. The lowest BCUT2D eigenvalue weighted by atomic mass is 10.1. The molecule has 0 saturated carbocycles. The highest BCUT2D eigenvalue weighted by molar-refractivity contribution is 7.13. The maximum absolute atomic E-state index is 11.9. The molecule has 1 aromatic carbocycles. The minimum absolute atomic E-state index is 0.0616. The van der Waals surface area contributed by atoms with Crippen molar-refractivity contribution >= 4 is 17.2 Å². The molecule has 0 unspecified atom stereocenters. The molecular weight excluding hydrogens is 334 g/mol. The fraction of sp³-hybridized carbons (Fsp3) is 0.316. The van der Waals surface area contributed by atoms with E-state index in [-0.39, 0.29) is 5.91 Å². The van der Waals surface area contributed by atoms with E-state index in [4.69, 9.17) is 4.52 Å². The van der Waals surface area contributed by atoms with Crippen molar-refractivity contribution in [3.63, 3.8) is 0 Å². The molecular formula is C19H21N3O2S. The van der Waals surface area contributed by atoms with Crippen LogP contribution in [0.15, 0.2) is 46.3 Å². The molecule has 2 heterocycles.